The van der Waals surface area contributed by atoms with Crippen LogP contribution in [0.2, 0.25) is 0 Å². The van der Waals surface area contributed by atoms with Gasteiger partial charge in [0.2, 0.25) is 0 Å². The average molecular weight is 388 g/mol. The minimum atomic E-state index is -0.205. The molecule has 0 saturated carbocycles. The second-order valence-corrected chi connectivity index (χ2v) is 6.39. The van der Waals surface area contributed by atoms with E-state index in [9.17, 15) is 4.79 Å². The highest BCUT2D eigenvalue weighted by Crippen LogP contribution is 2.25. The number of nitrogens with zero attached hydrogens (tertiary/aromatic N) is 3. The lowest BCUT2D eigenvalue weighted by Gasteiger charge is -2.04. The van der Waals surface area contributed by atoms with Gasteiger partial charge in [-0.15, -0.1) is 12.4 Å². The number of hydrogen-bond acceptors (Lipinski definition) is 5. The molecule has 1 amide bonds. The molecule has 8 heteroatoms. The molecule has 0 radical (unpaired) electrons. The van der Waals surface area contributed by atoms with Gasteiger partial charge in [-0.3, -0.25) is 9.48 Å². The summed E-state index contributed by atoms with van der Waals surface area (Å²) >= 11 is 0. The molecule has 0 spiro atoms. The van der Waals surface area contributed by atoms with Gasteiger partial charge < -0.3 is 15.2 Å². The molecule has 0 saturated heterocycles. The molecule has 1 aliphatic rings. The lowest BCUT2D eigenvalue weighted by Crippen LogP contribution is -2.24. The maximum atomic E-state index is 12.7. The fourth-order valence-corrected chi connectivity index (χ4v) is 3.20. The van der Waals surface area contributed by atoms with Crippen molar-refractivity contribution in [3.63, 3.8) is 0 Å². The van der Waals surface area contributed by atoms with Crippen LogP contribution in [0.3, 0.4) is 0 Å². The molecule has 0 atom stereocenters. The second-order valence-electron chi connectivity index (χ2n) is 6.39. The van der Waals surface area contributed by atoms with E-state index in [1.807, 2.05) is 41.1 Å². The third kappa shape index (κ3) is 4.04. The van der Waals surface area contributed by atoms with Crippen molar-refractivity contribution in [2.45, 2.75) is 33.0 Å². The van der Waals surface area contributed by atoms with Crippen LogP contribution in [-0.2, 0) is 19.6 Å². The van der Waals surface area contributed by atoms with E-state index in [0.29, 0.717) is 23.6 Å². The maximum Gasteiger partial charge on any atom is 0.257 e. The summed E-state index contributed by atoms with van der Waals surface area (Å²) in [7, 11) is 0. The van der Waals surface area contributed by atoms with Gasteiger partial charge in [-0.05, 0) is 26.0 Å². The van der Waals surface area contributed by atoms with E-state index in [1.165, 1.54) is 0 Å². The van der Waals surface area contributed by atoms with Crippen molar-refractivity contribution < 1.29 is 9.32 Å². The quantitative estimate of drug-likeness (QED) is 0.719. The van der Waals surface area contributed by atoms with Gasteiger partial charge in [-0.25, -0.2) is 0 Å². The maximum absolute atomic E-state index is 12.7. The van der Waals surface area contributed by atoms with Gasteiger partial charge in [-0.1, -0.05) is 35.5 Å². The Kier molecular flexibility index (Phi) is 5.93. The summed E-state index contributed by atoms with van der Waals surface area (Å²) in [5, 5.41) is 15.0. The van der Waals surface area contributed by atoms with Crippen molar-refractivity contribution in [1.82, 2.24) is 25.6 Å². The Morgan fingerprint density at radius 1 is 1.33 bits per heavy atom. The van der Waals surface area contributed by atoms with E-state index in [1.54, 1.807) is 6.92 Å². The summed E-state index contributed by atoms with van der Waals surface area (Å²) in [6.45, 7) is 4.84. The molecule has 27 heavy (non-hydrogen) atoms. The molecule has 7 nitrogen and oxygen atoms in total. The van der Waals surface area contributed by atoms with E-state index < -0.39 is 0 Å². The monoisotopic (exact) mass is 387 g/mol. The van der Waals surface area contributed by atoms with Crippen LogP contribution >= 0.6 is 12.4 Å². The number of nitrogens with one attached hydrogen (secondary N) is 2. The topological polar surface area (TPSA) is 85.0 Å². The number of aryl methyl sites for hydroxylation is 2. The molecule has 0 fully saturated rings. The van der Waals surface area contributed by atoms with E-state index in [0.717, 1.165) is 43.0 Å². The largest absolute Gasteiger partial charge is 0.360 e. The molecule has 3 aromatic rings. The SMILES string of the molecule is Cc1onc(-c2ccccc2)c1C(=O)NCc1cc2n(n1)CCCNC2.Cl. The third-order valence-electron chi connectivity index (χ3n) is 4.51. The predicted molar refractivity (Wildman–Crippen MR) is 104 cm³/mol. The van der Waals surface area contributed by atoms with Crippen LogP contribution in [0, 0.1) is 6.92 Å². The molecule has 0 aliphatic carbocycles. The Hall–Kier alpha value is -2.64. The van der Waals surface area contributed by atoms with E-state index in [4.69, 9.17) is 4.52 Å². The van der Waals surface area contributed by atoms with Crippen molar-refractivity contribution in [1.29, 1.82) is 0 Å². The first-order valence-electron chi connectivity index (χ1n) is 8.78. The fraction of sp³-hybridized carbons (Fsp3) is 0.316. The van der Waals surface area contributed by atoms with Gasteiger partial charge in [-0.2, -0.15) is 5.10 Å². The van der Waals surface area contributed by atoms with Gasteiger partial charge in [0.25, 0.3) is 5.91 Å². The van der Waals surface area contributed by atoms with Gasteiger partial charge >= 0.3 is 0 Å². The highest BCUT2D eigenvalue weighted by Gasteiger charge is 2.21. The van der Waals surface area contributed by atoms with Gasteiger partial charge in [0.05, 0.1) is 17.9 Å². The van der Waals surface area contributed by atoms with Crippen LogP contribution < -0.4 is 10.6 Å². The summed E-state index contributed by atoms with van der Waals surface area (Å²) < 4.78 is 7.28. The molecule has 2 N–H and O–H groups in total. The predicted octanol–water partition coefficient (Wildman–Crippen LogP) is 2.69. The van der Waals surface area contributed by atoms with E-state index in [-0.39, 0.29) is 18.3 Å². The van der Waals surface area contributed by atoms with Crippen molar-refractivity contribution in [3.8, 4) is 11.3 Å². The summed E-state index contributed by atoms with van der Waals surface area (Å²) in [5.41, 5.74) is 3.89. The van der Waals surface area contributed by atoms with Crippen molar-refractivity contribution in [2.24, 2.45) is 0 Å². The van der Waals surface area contributed by atoms with Crippen LogP contribution in [0.1, 0.15) is 33.9 Å². The van der Waals surface area contributed by atoms with Crippen molar-refractivity contribution >= 4 is 18.3 Å². The third-order valence-corrected chi connectivity index (χ3v) is 4.51. The Labute approximate surface area is 163 Å². The second kappa shape index (κ2) is 8.37. The van der Waals surface area contributed by atoms with Gasteiger partial charge in [0.15, 0.2) is 0 Å². The van der Waals surface area contributed by atoms with E-state index in [2.05, 4.69) is 20.9 Å². The minimum Gasteiger partial charge on any atom is -0.360 e. The minimum absolute atomic E-state index is 0. The Bertz CT molecular complexity index is 896. The number of carbonyl (C=O) groups excluding carboxylic acids is 1. The number of aromatic nitrogens is 3. The Morgan fingerprint density at radius 2 is 2.15 bits per heavy atom. The zero-order valence-electron chi connectivity index (χ0n) is 15.1. The Morgan fingerprint density at radius 3 is 2.96 bits per heavy atom. The first-order valence-corrected chi connectivity index (χ1v) is 8.78. The normalized spacial score (nSPS) is 13.4. The van der Waals surface area contributed by atoms with Crippen molar-refractivity contribution in [3.05, 3.63) is 59.1 Å². The molecule has 0 unspecified atom stereocenters. The summed E-state index contributed by atoms with van der Waals surface area (Å²) in [6, 6.07) is 11.6. The molecule has 3 heterocycles. The number of amides is 1. The average Bonchev–Trinajstić information content (AvgIpc) is 3.17. The summed E-state index contributed by atoms with van der Waals surface area (Å²) in [4.78, 5) is 12.7. The van der Waals surface area contributed by atoms with Gasteiger partial charge in [0, 0.05) is 18.7 Å². The molecule has 0 bridgehead atoms. The van der Waals surface area contributed by atoms with Gasteiger partial charge in [0.1, 0.15) is 17.0 Å². The number of rotatable bonds is 4. The summed E-state index contributed by atoms with van der Waals surface area (Å²) in [6.07, 6.45) is 1.06. The van der Waals surface area contributed by atoms with Crippen LogP contribution in [0.5, 0.6) is 0 Å². The molecule has 4 rings (SSSR count). The molecule has 1 aromatic carbocycles. The van der Waals surface area contributed by atoms with E-state index >= 15 is 0 Å². The smallest absolute Gasteiger partial charge is 0.257 e. The van der Waals surface area contributed by atoms with Crippen LogP contribution in [0.4, 0.5) is 0 Å². The zero-order valence-corrected chi connectivity index (χ0v) is 15.9. The summed E-state index contributed by atoms with van der Waals surface area (Å²) in [5.74, 6) is 0.301. The molecule has 2 aromatic heterocycles. The Balaban J connectivity index is 0.00000210. The fourth-order valence-electron chi connectivity index (χ4n) is 3.20. The molecule has 1 aliphatic heterocycles. The number of hydrogen-bond donors (Lipinski definition) is 2. The van der Waals surface area contributed by atoms with Crippen LogP contribution in [0.25, 0.3) is 11.3 Å². The van der Waals surface area contributed by atoms with Crippen LogP contribution in [0.15, 0.2) is 40.9 Å². The lowest BCUT2D eigenvalue weighted by atomic mass is 10.1. The number of fused-ring (bicyclic) bond motifs is 1. The first kappa shape index (κ1) is 19.1. The lowest BCUT2D eigenvalue weighted by molar-refractivity contribution is 0.0949. The molecular weight excluding hydrogens is 366 g/mol. The highest BCUT2D eigenvalue weighted by molar-refractivity contribution is 6.00. The van der Waals surface area contributed by atoms with Crippen molar-refractivity contribution in [2.75, 3.05) is 6.54 Å². The number of benzene rings is 1. The molecular formula is C19H22ClN5O2. The highest BCUT2D eigenvalue weighted by atomic mass is 35.5. The molecule has 142 valence electrons. The standard InChI is InChI=1S/C19H21N5O2.ClH/c1-13-17(18(23-26-13)14-6-3-2-4-7-14)19(25)21-11-15-10-16-12-20-8-5-9-24(16)22-15;/h2-4,6-7,10,20H,5,8-9,11-12H2,1H3,(H,21,25);1H. The first-order chi connectivity index (χ1) is 12.7. The van der Waals surface area contributed by atoms with Crippen LogP contribution in [-0.4, -0.2) is 27.4 Å². The zero-order chi connectivity index (χ0) is 17.9. The number of carbonyl (C=O) groups is 1. The number of halogens is 1.